The van der Waals surface area contributed by atoms with E-state index in [2.05, 4.69) is 9.97 Å². The van der Waals surface area contributed by atoms with E-state index in [4.69, 9.17) is 4.98 Å². The van der Waals surface area contributed by atoms with E-state index >= 15 is 0 Å². The summed E-state index contributed by atoms with van der Waals surface area (Å²) in [7, 11) is 1.50. The van der Waals surface area contributed by atoms with E-state index in [1.165, 1.54) is 18.8 Å². The number of aromatic nitrogens is 6. The van der Waals surface area contributed by atoms with Gasteiger partial charge in [0.15, 0.2) is 5.65 Å². The lowest BCUT2D eigenvalue weighted by Crippen LogP contribution is -2.39. The van der Waals surface area contributed by atoms with Gasteiger partial charge in [0.25, 0.3) is 5.56 Å². The van der Waals surface area contributed by atoms with Crippen molar-refractivity contribution in [1.29, 1.82) is 0 Å². The van der Waals surface area contributed by atoms with Gasteiger partial charge in [-0.15, -0.1) is 0 Å². The first-order valence-corrected chi connectivity index (χ1v) is 11.0. The summed E-state index contributed by atoms with van der Waals surface area (Å²) < 4.78 is 4.69. The van der Waals surface area contributed by atoms with Crippen LogP contribution in [0.4, 0.5) is 0 Å². The summed E-state index contributed by atoms with van der Waals surface area (Å²) in [5, 5.41) is 0.981. The Kier molecular flexibility index (Phi) is 5.46. The molecule has 0 radical (unpaired) electrons. The lowest BCUT2D eigenvalue weighted by Gasteiger charge is -2.14. The first-order chi connectivity index (χ1) is 14.4. The molecule has 0 bridgehead atoms. The fourth-order valence-electron chi connectivity index (χ4n) is 3.34. The van der Waals surface area contributed by atoms with Gasteiger partial charge in [-0.25, -0.2) is 19.7 Å². The molecule has 0 amide bonds. The van der Waals surface area contributed by atoms with E-state index in [1.807, 2.05) is 55.8 Å². The number of pyridine rings is 1. The Morgan fingerprint density at radius 3 is 2.63 bits per heavy atom. The minimum absolute atomic E-state index is 0.0678. The number of hydrogen-bond acceptors (Lipinski definition) is 6. The molecule has 0 aliphatic rings. The molecule has 0 aromatic carbocycles. The second-order valence-electron chi connectivity index (χ2n) is 7.53. The minimum atomic E-state index is -0.366. The van der Waals surface area contributed by atoms with Crippen molar-refractivity contribution in [3.05, 3.63) is 62.9 Å². The molecule has 0 saturated heterocycles. The molecule has 0 atom stereocenters. The van der Waals surface area contributed by atoms with Crippen molar-refractivity contribution < 1.29 is 0 Å². The van der Waals surface area contributed by atoms with Crippen LogP contribution in [-0.2, 0) is 19.3 Å². The summed E-state index contributed by atoms with van der Waals surface area (Å²) in [6, 6.07) is 5.85. The molecular weight excluding hydrogens is 400 g/mol. The molecule has 4 aromatic heterocycles. The van der Waals surface area contributed by atoms with Gasteiger partial charge in [-0.05, 0) is 18.6 Å². The van der Waals surface area contributed by atoms with Crippen LogP contribution in [0.1, 0.15) is 44.6 Å². The standard InChI is InChI=1S/C21H24N6O2S/c1-5-9-27-18-16(20(28)25(4)21(27)29)19(24-17(23-18)13(2)3)30-12-14-11-26-10-7-6-8-15(26)22-14/h6-8,10-11,13H,5,9,12H2,1-4H3. The van der Waals surface area contributed by atoms with Crippen molar-refractivity contribution in [3.8, 4) is 0 Å². The molecule has 0 spiro atoms. The number of nitrogens with zero attached hydrogens (tertiary/aromatic N) is 6. The third kappa shape index (κ3) is 3.54. The highest BCUT2D eigenvalue weighted by Crippen LogP contribution is 2.27. The smallest absolute Gasteiger partial charge is 0.307 e. The van der Waals surface area contributed by atoms with Crippen LogP contribution in [0.3, 0.4) is 0 Å². The zero-order valence-electron chi connectivity index (χ0n) is 17.5. The number of fused-ring (bicyclic) bond motifs is 2. The second-order valence-corrected chi connectivity index (χ2v) is 8.49. The molecule has 0 unspecified atom stereocenters. The van der Waals surface area contributed by atoms with Crippen LogP contribution in [0.2, 0.25) is 0 Å². The Labute approximate surface area is 177 Å². The highest BCUT2D eigenvalue weighted by Gasteiger charge is 2.20. The van der Waals surface area contributed by atoms with Crippen molar-refractivity contribution in [2.75, 3.05) is 0 Å². The number of thioether (sulfide) groups is 1. The predicted molar refractivity (Wildman–Crippen MR) is 118 cm³/mol. The van der Waals surface area contributed by atoms with Crippen LogP contribution in [0.25, 0.3) is 16.7 Å². The average molecular weight is 425 g/mol. The highest BCUT2D eigenvalue weighted by atomic mass is 32.2. The van der Waals surface area contributed by atoms with E-state index in [1.54, 1.807) is 4.57 Å². The molecule has 156 valence electrons. The fraction of sp³-hybridized carbons (Fsp3) is 0.381. The summed E-state index contributed by atoms with van der Waals surface area (Å²) in [6.45, 7) is 6.49. The lowest BCUT2D eigenvalue weighted by atomic mass is 10.2. The Balaban J connectivity index is 1.86. The summed E-state index contributed by atoms with van der Waals surface area (Å²) in [4.78, 5) is 39.6. The molecule has 0 saturated carbocycles. The SMILES string of the molecule is CCCn1c(=O)n(C)c(=O)c2c(SCc3cn4ccccc4n3)nc(C(C)C)nc21. The summed E-state index contributed by atoms with van der Waals surface area (Å²) in [5.74, 6) is 1.25. The zero-order valence-corrected chi connectivity index (χ0v) is 18.3. The van der Waals surface area contributed by atoms with Gasteiger partial charge < -0.3 is 4.40 Å². The monoisotopic (exact) mass is 424 g/mol. The number of imidazole rings is 1. The first kappa shape index (κ1) is 20.3. The van der Waals surface area contributed by atoms with Gasteiger partial charge >= 0.3 is 5.69 Å². The van der Waals surface area contributed by atoms with Crippen LogP contribution in [-0.4, -0.2) is 28.5 Å². The molecule has 0 aliphatic heterocycles. The van der Waals surface area contributed by atoms with Crippen molar-refractivity contribution in [1.82, 2.24) is 28.5 Å². The quantitative estimate of drug-likeness (QED) is 0.349. The molecule has 0 aliphatic carbocycles. The van der Waals surface area contributed by atoms with Gasteiger partial charge in [0.2, 0.25) is 0 Å². The van der Waals surface area contributed by atoms with Crippen LogP contribution in [0, 0.1) is 0 Å². The van der Waals surface area contributed by atoms with E-state index in [9.17, 15) is 9.59 Å². The van der Waals surface area contributed by atoms with Crippen LogP contribution in [0.15, 0.2) is 45.2 Å². The minimum Gasteiger partial charge on any atom is -0.307 e. The van der Waals surface area contributed by atoms with E-state index in [0.29, 0.717) is 34.2 Å². The van der Waals surface area contributed by atoms with E-state index in [0.717, 1.165) is 22.3 Å². The highest BCUT2D eigenvalue weighted by molar-refractivity contribution is 7.98. The molecule has 0 fully saturated rings. The molecule has 4 aromatic rings. The lowest BCUT2D eigenvalue weighted by molar-refractivity contribution is 0.603. The molecule has 9 heteroatoms. The zero-order chi connectivity index (χ0) is 21.4. The van der Waals surface area contributed by atoms with Crippen LogP contribution < -0.4 is 11.2 Å². The Morgan fingerprint density at radius 1 is 1.13 bits per heavy atom. The summed E-state index contributed by atoms with van der Waals surface area (Å²) in [5.41, 5.74) is 1.47. The second kappa shape index (κ2) is 8.06. The Hall–Kier alpha value is -2.94. The maximum absolute atomic E-state index is 13.0. The number of rotatable bonds is 6. The summed E-state index contributed by atoms with van der Waals surface area (Å²) >= 11 is 1.45. The molecule has 8 nitrogen and oxygen atoms in total. The van der Waals surface area contributed by atoms with Crippen molar-refractivity contribution in [2.24, 2.45) is 7.05 Å². The third-order valence-corrected chi connectivity index (χ3v) is 5.91. The molecule has 4 heterocycles. The molecular formula is C21H24N6O2S. The average Bonchev–Trinajstić information content (AvgIpc) is 3.16. The van der Waals surface area contributed by atoms with Gasteiger partial charge in [-0.2, -0.15) is 0 Å². The van der Waals surface area contributed by atoms with Crippen LogP contribution >= 0.6 is 11.8 Å². The predicted octanol–water partition coefficient (Wildman–Crippen LogP) is 2.96. The van der Waals surface area contributed by atoms with E-state index < -0.39 is 0 Å². The van der Waals surface area contributed by atoms with Crippen molar-refractivity contribution >= 4 is 28.4 Å². The molecule has 4 rings (SSSR count). The van der Waals surface area contributed by atoms with Gasteiger partial charge in [0.05, 0.1) is 5.69 Å². The van der Waals surface area contributed by atoms with Gasteiger partial charge in [0, 0.05) is 37.7 Å². The third-order valence-electron chi connectivity index (χ3n) is 4.90. The number of aryl methyl sites for hydroxylation is 1. The maximum atomic E-state index is 13.0. The number of hydrogen-bond donors (Lipinski definition) is 0. The summed E-state index contributed by atoms with van der Waals surface area (Å²) in [6.07, 6.45) is 4.69. The van der Waals surface area contributed by atoms with Gasteiger partial charge in [0.1, 0.15) is 21.9 Å². The van der Waals surface area contributed by atoms with E-state index in [-0.39, 0.29) is 17.2 Å². The van der Waals surface area contributed by atoms with Crippen molar-refractivity contribution in [3.63, 3.8) is 0 Å². The largest absolute Gasteiger partial charge is 0.332 e. The van der Waals surface area contributed by atoms with Crippen molar-refractivity contribution in [2.45, 2.75) is 50.4 Å². The molecule has 0 N–H and O–H groups in total. The Morgan fingerprint density at radius 2 is 1.93 bits per heavy atom. The first-order valence-electron chi connectivity index (χ1n) is 9.97. The van der Waals surface area contributed by atoms with Gasteiger partial charge in [-0.1, -0.05) is 38.6 Å². The van der Waals surface area contributed by atoms with Gasteiger partial charge in [-0.3, -0.25) is 13.9 Å². The molecule has 30 heavy (non-hydrogen) atoms. The maximum Gasteiger partial charge on any atom is 0.332 e. The Bertz CT molecular complexity index is 1320. The normalized spacial score (nSPS) is 11.8. The fourth-order valence-corrected chi connectivity index (χ4v) is 4.25. The van der Waals surface area contributed by atoms with Crippen LogP contribution in [0.5, 0.6) is 0 Å². The topological polar surface area (TPSA) is 87.1 Å².